The van der Waals surface area contributed by atoms with E-state index in [-0.39, 0.29) is 0 Å². The number of halogens is 2. The molecule has 1 aliphatic rings. The Kier molecular flexibility index (Phi) is 4.74. The van der Waals surface area contributed by atoms with E-state index in [1.165, 1.54) is 30.4 Å². The highest BCUT2D eigenvalue weighted by molar-refractivity contribution is 9.09. The summed E-state index contributed by atoms with van der Waals surface area (Å²) in [6.07, 6.45) is 6.09. The molecule has 0 spiro atoms. The van der Waals surface area contributed by atoms with Crippen LogP contribution in [0.4, 0.5) is 0 Å². The summed E-state index contributed by atoms with van der Waals surface area (Å²) in [5, 5.41) is 0.999. The lowest BCUT2D eigenvalue weighted by atomic mass is 9.87. The van der Waals surface area contributed by atoms with Crippen LogP contribution in [-0.2, 0) is 0 Å². The first kappa shape index (κ1) is 11.5. The zero-order valence-corrected chi connectivity index (χ0v) is 11.4. The molecule has 2 heteroatoms. The van der Waals surface area contributed by atoms with Gasteiger partial charge in [0.15, 0.2) is 0 Å². The van der Waals surface area contributed by atoms with Crippen molar-refractivity contribution < 1.29 is 0 Å². The van der Waals surface area contributed by atoms with Crippen LogP contribution in [0.2, 0.25) is 0 Å². The molecule has 1 atom stereocenters. The Bertz CT molecular complexity index is 238. The van der Waals surface area contributed by atoms with Gasteiger partial charge in [0, 0.05) is 10.2 Å². The van der Waals surface area contributed by atoms with Crippen LogP contribution in [0.25, 0.3) is 0 Å². The Labute approximate surface area is 97.7 Å². The van der Waals surface area contributed by atoms with Gasteiger partial charge in [-0.2, -0.15) is 0 Å². The van der Waals surface area contributed by atoms with Gasteiger partial charge in [-0.15, -0.1) is 0 Å². The molecule has 13 heavy (non-hydrogen) atoms. The third kappa shape index (κ3) is 2.69. The van der Waals surface area contributed by atoms with Crippen LogP contribution in [0.15, 0.2) is 22.8 Å². The second-order valence-electron chi connectivity index (χ2n) is 3.50. The molecule has 0 aliphatic heterocycles. The van der Waals surface area contributed by atoms with E-state index in [1.54, 1.807) is 5.57 Å². The Hall–Kier alpha value is 0.440. The molecular formula is C11H16Br2. The summed E-state index contributed by atoms with van der Waals surface area (Å²) in [5.41, 5.74) is 4.55. The number of hydrogen-bond acceptors (Lipinski definition) is 0. The standard InChI is InChI=1S/C11H16Br2/c1-3-9-10(8(2)7-12)5-4-6-11(9)13/h3,11H,4-7H2,1-2H3/b9-3+,10-8+. The summed E-state index contributed by atoms with van der Waals surface area (Å²) >= 11 is 7.26. The topological polar surface area (TPSA) is 0 Å². The van der Waals surface area contributed by atoms with Crippen molar-refractivity contribution in [2.75, 3.05) is 5.33 Å². The summed E-state index contributed by atoms with van der Waals surface area (Å²) in [5.74, 6) is 0. The Balaban J connectivity index is 2.96. The molecule has 0 radical (unpaired) electrons. The smallest absolute Gasteiger partial charge is 0.0394 e. The van der Waals surface area contributed by atoms with Gasteiger partial charge in [0.25, 0.3) is 0 Å². The van der Waals surface area contributed by atoms with Crippen molar-refractivity contribution in [3.63, 3.8) is 0 Å². The zero-order valence-electron chi connectivity index (χ0n) is 8.24. The zero-order chi connectivity index (χ0) is 9.84. The number of alkyl halides is 2. The van der Waals surface area contributed by atoms with E-state index in [0.29, 0.717) is 4.83 Å². The first-order valence-electron chi connectivity index (χ1n) is 4.76. The maximum atomic E-state index is 3.74. The fourth-order valence-electron chi connectivity index (χ4n) is 1.84. The van der Waals surface area contributed by atoms with Crippen molar-refractivity contribution in [2.45, 2.75) is 37.9 Å². The van der Waals surface area contributed by atoms with Crippen molar-refractivity contribution in [1.82, 2.24) is 0 Å². The van der Waals surface area contributed by atoms with Gasteiger partial charge in [-0.3, -0.25) is 0 Å². The third-order valence-corrected chi connectivity index (χ3v) is 4.39. The SMILES string of the molecule is C/C=C1\C(=C(/C)CBr)CCCC1Br. The van der Waals surface area contributed by atoms with Gasteiger partial charge in [0.1, 0.15) is 0 Å². The summed E-state index contributed by atoms with van der Waals surface area (Å²) in [6.45, 7) is 4.36. The summed E-state index contributed by atoms with van der Waals surface area (Å²) < 4.78 is 0. The first-order valence-corrected chi connectivity index (χ1v) is 6.79. The number of hydrogen-bond donors (Lipinski definition) is 0. The number of rotatable bonds is 1. The van der Waals surface area contributed by atoms with Crippen LogP contribution in [0, 0.1) is 0 Å². The fourth-order valence-corrected chi connectivity index (χ4v) is 3.05. The van der Waals surface area contributed by atoms with Gasteiger partial charge < -0.3 is 0 Å². The molecule has 0 amide bonds. The molecule has 1 saturated carbocycles. The maximum absolute atomic E-state index is 3.74. The molecule has 0 heterocycles. The average Bonchev–Trinajstić information content (AvgIpc) is 2.16. The van der Waals surface area contributed by atoms with Gasteiger partial charge in [-0.05, 0) is 44.3 Å². The molecule has 0 saturated heterocycles. The molecule has 0 nitrogen and oxygen atoms in total. The average molecular weight is 308 g/mol. The van der Waals surface area contributed by atoms with E-state index in [1.807, 2.05) is 0 Å². The van der Waals surface area contributed by atoms with Gasteiger partial charge in [0.05, 0.1) is 0 Å². The highest BCUT2D eigenvalue weighted by Crippen LogP contribution is 2.35. The summed E-state index contributed by atoms with van der Waals surface area (Å²) in [6, 6.07) is 0. The van der Waals surface area contributed by atoms with Crippen LogP contribution in [0.1, 0.15) is 33.1 Å². The van der Waals surface area contributed by atoms with Gasteiger partial charge in [-0.25, -0.2) is 0 Å². The Morgan fingerprint density at radius 2 is 2.31 bits per heavy atom. The van der Waals surface area contributed by atoms with Crippen LogP contribution in [0.3, 0.4) is 0 Å². The molecule has 74 valence electrons. The minimum atomic E-state index is 0.579. The molecule has 0 bridgehead atoms. The minimum absolute atomic E-state index is 0.579. The van der Waals surface area contributed by atoms with Crippen LogP contribution >= 0.6 is 31.9 Å². The van der Waals surface area contributed by atoms with E-state index < -0.39 is 0 Å². The minimum Gasteiger partial charge on any atom is -0.0880 e. The monoisotopic (exact) mass is 306 g/mol. The van der Waals surface area contributed by atoms with E-state index >= 15 is 0 Å². The van der Waals surface area contributed by atoms with Crippen LogP contribution in [-0.4, -0.2) is 10.2 Å². The van der Waals surface area contributed by atoms with E-state index in [4.69, 9.17) is 0 Å². The lowest BCUT2D eigenvalue weighted by Crippen LogP contribution is -2.13. The molecule has 0 N–H and O–H groups in total. The quantitative estimate of drug-likeness (QED) is 0.621. The van der Waals surface area contributed by atoms with Crippen molar-refractivity contribution >= 4 is 31.9 Å². The third-order valence-electron chi connectivity index (χ3n) is 2.60. The van der Waals surface area contributed by atoms with E-state index in [2.05, 4.69) is 51.8 Å². The van der Waals surface area contributed by atoms with Crippen molar-refractivity contribution in [3.8, 4) is 0 Å². The van der Waals surface area contributed by atoms with E-state index in [0.717, 1.165) is 5.33 Å². The Morgan fingerprint density at radius 3 is 2.85 bits per heavy atom. The molecule has 1 fully saturated rings. The molecule has 1 aliphatic carbocycles. The number of allylic oxidation sites excluding steroid dienone is 4. The van der Waals surface area contributed by atoms with Gasteiger partial charge in [0.2, 0.25) is 0 Å². The Morgan fingerprint density at radius 1 is 1.62 bits per heavy atom. The van der Waals surface area contributed by atoms with Crippen LogP contribution < -0.4 is 0 Å². The molecule has 0 aromatic rings. The summed E-state index contributed by atoms with van der Waals surface area (Å²) in [4.78, 5) is 0.579. The van der Waals surface area contributed by atoms with Crippen molar-refractivity contribution in [1.29, 1.82) is 0 Å². The molecule has 0 aromatic carbocycles. The lowest BCUT2D eigenvalue weighted by Gasteiger charge is -2.25. The van der Waals surface area contributed by atoms with E-state index in [9.17, 15) is 0 Å². The van der Waals surface area contributed by atoms with Gasteiger partial charge >= 0.3 is 0 Å². The molecule has 1 rings (SSSR count). The van der Waals surface area contributed by atoms with Gasteiger partial charge in [-0.1, -0.05) is 43.5 Å². The predicted molar refractivity (Wildman–Crippen MR) is 66.8 cm³/mol. The largest absolute Gasteiger partial charge is 0.0880 e. The normalized spacial score (nSPS) is 30.8. The van der Waals surface area contributed by atoms with Crippen molar-refractivity contribution in [3.05, 3.63) is 22.8 Å². The lowest BCUT2D eigenvalue weighted by molar-refractivity contribution is 0.690. The molecule has 0 aromatic heterocycles. The second kappa shape index (κ2) is 5.35. The van der Waals surface area contributed by atoms with Crippen molar-refractivity contribution in [2.24, 2.45) is 0 Å². The van der Waals surface area contributed by atoms with Crippen LogP contribution in [0.5, 0.6) is 0 Å². The highest BCUT2D eigenvalue weighted by Gasteiger charge is 2.20. The first-order chi connectivity index (χ1) is 6.20. The fraction of sp³-hybridized carbons (Fsp3) is 0.636. The molecular weight excluding hydrogens is 292 g/mol. The highest BCUT2D eigenvalue weighted by atomic mass is 79.9. The maximum Gasteiger partial charge on any atom is 0.0394 e. The second-order valence-corrected chi connectivity index (χ2v) is 5.16. The molecule has 1 unspecified atom stereocenters. The predicted octanol–water partition coefficient (Wildman–Crippen LogP) is 4.59. The summed E-state index contributed by atoms with van der Waals surface area (Å²) in [7, 11) is 0.